The van der Waals surface area contributed by atoms with Crippen molar-refractivity contribution >= 4 is 5.97 Å². The topological polar surface area (TPSA) is 70.1 Å². The molecule has 0 aliphatic carbocycles. The maximum absolute atomic E-state index is 11.1. The van der Waals surface area contributed by atoms with Crippen LogP contribution in [0.2, 0.25) is 0 Å². The van der Waals surface area contributed by atoms with E-state index in [4.69, 9.17) is 5.73 Å². The molecule has 0 fully saturated rings. The number of hydrogen-bond acceptors (Lipinski definition) is 4. The molecule has 1 heterocycles. The minimum atomic E-state index is -0.478. The fourth-order valence-corrected chi connectivity index (χ4v) is 0.949. The third kappa shape index (κ3) is 2.12. The lowest BCUT2D eigenvalue weighted by Gasteiger charge is -1.96. The zero-order valence-electron chi connectivity index (χ0n) is 8.07. The Morgan fingerprint density at radius 3 is 3.07 bits per heavy atom. The van der Waals surface area contributed by atoms with E-state index in [0.29, 0.717) is 5.69 Å². The normalized spacial score (nSPS) is 9.07. The number of esters is 1. The number of aromatic nitrogens is 2. The van der Waals surface area contributed by atoms with Gasteiger partial charge < -0.3 is 15.0 Å². The number of rotatable bonds is 1. The Morgan fingerprint density at radius 2 is 2.50 bits per heavy atom. The zero-order valence-corrected chi connectivity index (χ0v) is 8.07. The van der Waals surface area contributed by atoms with E-state index < -0.39 is 5.97 Å². The van der Waals surface area contributed by atoms with Gasteiger partial charge in [-0.3, -0.25) is 0 Å². The van der Waals surface area contributed by atoms with Gasteiger partial charge in [-0.25, -0.2) is 9.78 Å². The summed E-state index contributed by atoms with van der Waals surface area (Å²) in [5.41, 5.74) is 5.72. The van der Waals surface area contributed by atoms with Gasteiger partial charge in [-0.05, 0) is 5.92 Å². The summed E-state index contributed by atoms with van der Waals surface area (Å²) in [7, 11) is 3.01. The molecule has 1 aromatic rings. The Labute approximate surface area is 81.9 Å². The van der Waals surface area contributed by atoms with E-state index in [-0.39, 0.29) is 12.4 Å². The molecule has 0 saturated carbocycles. The predicted molar refractivity (Wildman–Crippen MR) is 50.5 cm³/mol. The maximum atomic E-state index is 11.1. The van der Waals surface area contributed by atoms with Gasteiger partial charge >= 0.3 is 5.97 Å². The number of nitrogens with two attached hydrogens (primary N) is 1. The van der Waals surface area contributed by atoms with E-state index in [0.717, 1.165) is 0 Å². The third-order valence-corrected chi connectivity index (χ3v) is 1.56. The van der Waals surface area contributed by atoms with Crippen LogP contribution < -0.4 is 5.73 Å². The minimum absolute atomic E-state index is 0.230. The van der Waals surface area contributed by atoms with Gasteiger partial charge in [0.2, 0.25) is 5.82 Å². The number of hydrogen-bond donors (Lipinski definition) is 1. The molecule has 0 aromatic carbocycles. The molecule has 0 unspecified atom stereocenters. The van der Waals surface area contributed by atoms with Crippen molar-refractivity contribution in [3.05, 3.63) is 17.7 Å². The highest BCUT2D eigenvalue weighted by Gasteiger charge is 2.12. The largest absolute Gasteiger partial charge is 0.463 e. The summed E-state index contributed by atoms with van der Waals surface area (Å²) < 4.78 is 6.10. The van der Waals surface area contributed by atoms with Gasteiger partial charge in [-0.15, -0.1) is 0 Å². The van der Waals surface area contributed by atoms with Crippen molar-refractivity contribution in [3.63, 3.8) is 0 Å². The number of methoxy groups -OCH3 is 1. The van der Waals surface area contributed by atoms with Crippen molar-refractivity contribution in [1.82, 2.24) is 9.55 Å². The molecule has 0 aliphatic rings. The van der Waals surface area contributed by atoms with E-state index >= 15 is 0 Å². The van der Waals surface area contributed by atoms with Crippen molar-refractivity contribution < 1.29 is 9.53 Å². The van der Waals surface area contributed by atoms with Crippen molar-refractivity contribution in [1.29, 1.82) is 0 Å². The molecule has 14 heavy (non-hydrogen) atoms. The first kappa shape index (κ1) is 10.3. The van der Waals surface area contributed by atoms with Gasteiger partial charge in [-0.1, -0.05) is 5.92 Å². The molecule has 0 amide bonds. The van der Waals surface area contributed by atoms with Gasteiger partial charge in [0.1, 0.15) is 5.69 Å². The van der Waals surface area contributed by atoms with Gasteiger partial charge in [0.15, 0.2) is 0 Å². The average molecular weight is 193 g/mol. The minimum Gasteiger partial charge on any atom is -0.463 e. The first-order chi connectivity index (χ1) is 6.69. The van der Waals surface area contributed by atoms with E-state index in [2.05, 4.69) is 21.6 Å². The SMILES string of the molecule is COC(=O)c1nc(C#CCN)cn1C. The molecule has 2 N–H and O–H groups in total. The Morgan fingerprint density at radius 1 is 1.79 bits per heavy atom. The summed E-state index contributed by atoms with van der Waals surface area (Å²) in [5, 5.41) is 0. The molecule has 0 spiro atoms. The van der Waals surface area contributed by atoms with Gasteiger partial charge in [-0.2, -0.15) is 0 Å². The van der Waals surface area contributed by atoms with E-state index in [1.165, 1.54) is 7.11 Å². The molecule has 0 radical (unpaired) electrons. The molecule has 0 aliphatic heterocycles. The predicted octanol–water partition coefficient (Wildman–Crippen LogP) is -0.483. The van der Waals surface area contributed by atoms with E-state index in [9.17, 15) is 4.79 Å². The van der Waals surface area contributed by atoms with Gasteiger partial charge in [0, 0.05) is 13.2 Å². The van der Waals surface area contributed by atoms with Crippen LogP contribution in [0.1, 0.15) is 16.3 Å². The van der Waals surface area contributed by atoms with Crippen molar-refractivity contribution in [2.45, 2.75) is 0 Å². The fourth-order valence-electron chi connectivity index (χ4n) is 0.949. The molecule has 1 rings (SSSR count). The number of carbonyl (C=O) groups is 1. The highest BCUT2D eigenvalue weighted by molar-refractivity contribution is 5.85. The number of carbonyl (C=O) groups excluding carboxylic acids is 1. The Balaban J connectivity index is 2.99. The van der Waals surface area contributed by atoms with Crippen molar-refractivity contribution in [3.8, 4) is 11.8 Å². The lowest BCUT2D eigenvalue weighted by atomic mass is 10.4. The summed E-state index contributed by atoms with van der Waals surface area (Å²) in [6, 6.07) is 0. The number of ether oxygens (including phenoxy) is 1. The van der Waals surface area contributed by atoms with Crippen LogP contribution in [-0.4, -0.2) is 29.2 Å². The van der Waals surface area contributed by atoms with Gasteiger partial charge in [0.05, 0.1) is 13.7 Å². The van der Waals surface area contributed by atoms with E-state index in [1.54, 1.807) is 17.8 Å². The van der Waals surface area contributed by atoms with Crippen LogP contribution in [0.25, 0.3) is 0 Å². The summed E-state index contributed by atoms with van der Waals surface area (Å²) in [6.07, 6.45) is 1.65. The van der Waals surface area contributed by atoms with Crippen LogP contribution in [0.15, 0.2) is 6.20 Å². The zero-order chi connectivity index (χ0) is 10.6. The first-order valence-electron chi connectivity index (χ1n) is 3.99. The quantitative estimate of drug-likeness (QED) is 0.483. The van der Waals surface area contributed by atoms with Crippen LogP contribution in [0.3, 0.4) is 0 Å². The summed E-state index contributed by atoms with van der Waals surface area (Å²) in [5.74, 6) is 5.13. The summed E-state index contributed by atoms with van der Waals surface area (Å²) >= 11 is 0. The molecule has 5 nitrogen and oxygen atoms in total. The number of nitrogens with zero attached hydrogens (tertiary/aromatic N) is 2. The second-order valence-corrected chi connectivity index (χ2v) is 2.56. The summed E-state index contributed by atoms with van der Waals surface area (Å²) in [6.45, 7) is 0.268. The van der Waals surface area contributed by atoms with Crippen LogP contribution in [0, 0.1) is 11.8 Å². The van der Waals surface area contributed by atoms with Crippen LogP contribution in [-0.2, 0) is 11.8 Å². The van der Waals surface area contributed by atoms with Crippen LogP contribution >= 0.6 is 0 Å². The molecule has 5 heteroatoms. The molecule has 74 valence electrons. The van der Waals surface area contributed by atoms with Crippen molar-refractivity contribution in [2.75, 3.05) is 13.7 Å². The molecular formula is C9H11N3O2. The Bertz CT molecular complexity index is 398. The molecule has 1 aromatic heterocycles. The second kappa shape index (κ2) is 4.44. The number of imidazole rings is 1. The van der Waals surface area contributed by atoms with Gasteiger partial charge in [0.25, 0.3) is 0 Å². The second-order valence-electron chi connectivity index (χ2n) is 2.56. The molecular weight excluding hydrogens is 182 g/mol. The highest BCUT2D eigenvalue weighted by Crippen LogP contribution is 2.01. The average Bonchev–Trinajstić information content (AvgIpc) is 2.55. The first-order valence-corrected chi connectivity index (χ1v) is 3.99. The third-order valence-electron chi connectivity index (χ3n) is 1.56. The smallest absolute Gasteiger partial charge is 0.374 e. The molecule has 0 bridgehead atoms. The number of aryl methyl sites for hydroxylation is 1. The van der Waals surface area contributed by atoms with E-state index in [1.807, 2.05) is 0 Å². The van der Waals surface area contributed by atoms with Crippen molar-refractivity contribution in [2.24, 2.45) is 12.8 Å². The monoisotopic (exact) mass is 193 g/mol. The standard InChI is InChI=1S/C9H11N3O2/c1-12-6-7(4-3-5-10)11-8(12)9(13)14-2/h6H,5,10H2,1-2H3. The molecule has 0 atom stereocenters. The maximum Gasteiger partial charge on any atom is 0.374 e. The highest BCUT2D eigenvalue weighted by atomic mass is 16.5. The fraction of sp³-hybridized carbons (Fsp3) is 0.333. The Hall–Kier alpha value is -1.80. The summed E-state index contributed by atoms with van der Waals surface area (Å²) in [4.78, 5) is 15.1. The Kier molecular flexibility index (Phi) is 3.26. The lowest BCUT2D eigenvalue weighted by molar-refractivity contribution is 0.0583. The van der Waals surface area contributed by atoms with Crippen LogP contribution in [0.5, 0.6) is 0 Å². The lowest BCUT2D eigenvalue weighted by Crippen LogP contribution is -2.08. The molecule has 0 saturated heterocycles. The van der Waals surface area contributed by atoms with Crippen LogP contribution in [0.4, 0.5) is 0 Å².